The highest BCUT2D eigenvalue weighted by Crippen LogP contribution is 2.14. The molecule has 0 heterocycles. The number of carbonyl (C=O) groups excluding carboxylic acids is 1. The van der Waals surface area contributed by atoms with Crippen LogP contribution >= 0.6 is 0 Å². The number of phenols is 1. The first-order valence-corrected chi connectivity index (χ1v) is 4.45. The minimum absolute atomic E-state index is 0.00581. The third-order valence-corrected chi connectivity index (χ3v) is 1.73. The van der Waals surface area contributed by atoms with Crippen LogP contribution in [0.25, 0.3) is 0 Å². The van der Waals surface area contributed by atoms with Crippen LogP contribution in [0.2, 0.25) is 0 Å². The van der Waals surface area contributed by atoms with Crippen molar-refractivity contribution in [1.29, 1.82) is 0 Å². The molecule has 0 aliphatic rings. The average Bonchev–Trinajstić information content (AvgIpc) is 2.24. The molecule has 0 unspecified atom stereocenters. The van der Waals surface area contributed by atoms with E-state index in [0.29, 0.717) is 0 Å². The van der Waals surface area contributed by atoms with Crippen molar-refractivity contribution in [2.24, 2.45) is 0 Å². The second kappa shape index (κ2) is 5.54. The zero-order chi connectivity index (χ0) is 12.0. The van der Waals surface area contributed by atoms with Crippen molar-refractivity contribution in [3.63, 3.8) is 0 Å². The molecule has 0 saturated heterocycles. The number of rotatable bonds is 5. The van der Waals surface area contributed by atoms with E-state index >= 15 is 0 Å². The molecule has 16 heavy (non-hydrogen) atoms. The number of para-hydroxylation sites is 1. The van der Waals surface area contributed by atoms with E-state index in [-0.39, 0.29) is 24.5 Å². The van der Waals surface area contributed by atoms with Crippen LogP contribution in [-0.2, 0) is 4.84 Å². The third kappa shape index (κ3) is 3.45. The zero-order valence-corrected chi connectivity index (χ0v) is 8.25. The summed E-state index contributed by atoms with van der Waals surface area (Å²) in [6, 6.07) is 6.01. The third-order valence-electron chi connectivity index (χ3n) is 1.73. The van der Waals surface area contributed by atoms with Gasteiger partial charge in [0.15, 0.2) is 0 Å². The Morgan fingerprint density at radius 2 is 2.19 bits per heavy atom. The summed E-state index contributed by atoms with van der Waals surface area (Å²) in [5, 5.41) is 20.6. The van der Waals surface area contributed by atoms with E-state index in [1.54, 1.807) is 12.1 Å². The van der Waals surface area contributed by atoms with Crippen molar-refractivity contribution in [2.75, 3.05) is 13.2 Å². The maximum atomic E-state index is 11.4. The molecule has 0 spiro atoms. The van der Waals surface area contributed by atoms with E-state index in [4.69, 9.17) is 0 Å². The van der Waals surface area contributed by atoms with Crippen LogP contribution in [0.5, 0.6) is 5.75 Å². The van der Waals surface area contributed by atoms with Crippen LogP contribution in [0, 0.1) is 10.1 Å². The Bertz CT molecular complexity index is 393. The van der Waals surface area contributed by atoms with E-state index in [9.17, 15) is 20.0 Å². The fourth-order valence-corrected chi connectivity index (χ4v) is 1.05. The van der Waals surface area contributed by atoms with Gasteiger partial charge < -0.3 is 15.3 Å². The maximum absolute atomic E-state index is 11.4. The van der Waals surface area contributed by atoms with Gasteiger partial charge in [-0.2, -0.15) is 0 Å². The van der Waals surface area contributed by atoms with Crippen molar-refractivity contribution in [1.82, 2.24) is 5.32 Å². The van der Waals surface area contributed by atoms with Crippen LogP contribution in [0.3, 0.4) is 0 Å². The van der Waals surface area contributed by atoms with E-state index < -0.39 is 11.0 Å². The Morgan fingerprint density at radius 1 is 1.50 bits per heavy atom. The number of aromatic hydroxyl groups is 1. The highest BCUT2D eigenvalue weighted by atomic mass is 16.9. The Balaban J connectivity index is 2.41. The van der Waals surface area contributed by atoms with Crippen LogP contribution < -0.4 is 5.32 Å². The fourth-order valence-electron chi connectivity index (χ4n) is 1.05. The highest BCUT2D eigenvalue weighted by molar-refractivity contribution is 5.96. The molecule has 0 aliphatic carbocycles. The Morgan fingerprint density at radius 3 is 2.81 bits per heavy atom. The molecular weight excluding hydrogens is 216 g/mol. The van der Waals surface area contributed by atoms with Crippen molar-refractivity contribution < 1.29 is 19.8 Å². The molecule has 0 aromatic heterocycles. The number of amides is 1. The van der Waals surface area contributed by atoms with Crippen LogP contribution in [0.15, 0.2) is 24.3 Å². The van der Waals surface area contributed by atoms with E-state index in [1.165, 1.54) is 12.1 Å². The summed E-state index contributed by atoms with van der Waals surface area (Å²) in [6.45, 7) is -0.236. The predicted molar refractivity (Wildman–Crippen MR) is 53.4 cm³/mol. The van der Waals surface area contributed by atoms with Crippen molar-refractivity contribution in [3.05, 3.63) is 39.9 Å². The van der Waals surface area contributed by atoms with Crippen molar-refractivity contribution in [2.45, 2.75) is 0 Å². The summed E-state index contributed by atoms with van der Waals surface area (Å²) in [4.78, 5) is 25.2. The van der Waals surface area contributed by atoms with E-state index in [1.807, 2.05) is 0 Å². The maximum Gasteiger partial charge on any atom is 0.294 e. The van der Waals surface area contributed by atoms with Gasteiger partial charge in [-0.15, -0.1) is 10.1 Å². The molecule has 0 bridgehead atoms. The SMILES string of the molecule is O=C(NCCO[N+](=O)[O-])c1ccccc1O. The molecule has 1 aromatic carbocycles. The lowest BCUT2D eigenvalue weighted by Gasteiger charge is -2.05. The molecule has 0 fully saturated rings. The van der Waals surface area contributed by atoms with Crippen LogP contribution in [0.4, 0.5) is 0 Å². The molecule has 2 N–H and O–H groups in total. The van der Waals surface area contributed by atoms with Crippen LogP contribution in [-0.4, -0.2) is 29.3 Å². The van der Waals surface area contributed by atoms with E-state index in [0.717, 1.165) is 0 Å². The average molecular weight is 226 g/mol. The first kappa shape index (κ1) is 11.8. The van der Waals surface area contributed by atoms with Gasteiger partial charge in [-0.3, -0.25) is 4.79 Å². The van der Waals surface area contributed by atoms with Gasteiger partial charge in [0.05, 0.1) is 5.56 Å². The number of nitrogens with one attached hydrogen (secondary N) is 1. The molecule has 1 aromatic rings. The minimum atomic E-state index is -0.938. The molecule has 0 radical (unpaired) electrons. The lowest BCUT2D eigenvalue weighted by atomic mass is 10.2. The molecule has 7 heteroatoms. The largest absolute Gasteiger partial charge is 0.507 e. The van der Waals surface area contributed by atoms with Crippen molar-refractivity contribution >= 4 is 5.91 Å². The van der Waals surface area contributed by atoms with Gasteiger partial charge in [-0.1, -0.05) is 12.1 Å². The number of benzene rings is 1. The topological polar surface area (TPSA) is 102 Å². The van der Waals surface area contributed by atoms with Gasteiger partial charge in [0.2, 0.25) is 0 Å². The normalized spacial score (nSPS) is 9.50. The van der Waals surface area contributed by atoms with Crippen LogP contribution in [0.1, 0.15) is 10.4 Å². The molecule has 0 aliphatic heterocycles. The van der Waals surface area contributed by atoms with Gasteiger partial charge in [0, 0.05) is 6.54 Å². The van der Waals surface area contributed by atoms with Gasteiger partial charge in [0.1, 0.15) is 12.4 Å². The molecular formula is C9H10N2O5. The molecule has 86 valence electrons. The Labute approximate surface area is 90.8 Å². The first-order chi connectivity index (χ1) is 7.61. The predicted octanol–water partition coefficient (Wildman–Crippen LogP) is 0.330. The second-order valence-electron chi connectivity index (χ2n) is 2.83. The Kier molecular flexibility index (Phi) is 4.07. The molecule has 1 amide bonds. The molecule has 1 rings (SSSR count). The summed E-state index contributed by atoms with van der Waals surface area (Å²) in [5.41, 5.74) is 0.114. The quantitative estimate of drug-likeness (QED) is 0.428. The smallest absolute Gasteiger partial charge is 0.294 e. The minimum Gasteiger partial charge on any atom is -0.507 e. The summed E-state index contributed by atoms with van der Waals surface area (Å²) >= 11 is 0. The number of hydrogen-bond acceptors (Lipinski definition) is 5. The monoisotopic (exact) mass is 226 g/mol. The standard InChI is InChI=1S/C9H10N2O5/c12-8-4-2-1-3-7(8)9(13)10-5-6-16-11(14)15/h1-4,12H,5-6H2,(H,10,13). The van der Waals surface area contributed by atoms with Crippen molar-refractivity contribution in [3.8, 4) is 5.75 Å². The fraction of sp³-hybridized carbons (Fsp3) is 0.222. The number of phenolic OH excluding ortho intramolecular Hbond substituents is 1. The molecule has 7 nitrogen and oxygen atoms in total. The number of carbonyl (C=O) groups is 1. The lowest BCUT2D eigenvalue weighted by molar-refractivity contribution is -0.757. The number of nitrogens with zero attached hydrogens (tertiary/aromatic N) is 1. The zero-order valence-electron chi connectivity index (χ0n) is 8.25. The second-order valence-corrected chi connectivity index (χ2v) is 2.83. The molecule has 0 saturated carbocycles. The number of hydrogen-bond donors (Lipinski definition) is 2. The van der Waals surface area contributed by atoms with E-state index in [2.05, 4.69) is 10.2 Å². The summed E-state index contributed by atoms with van der Waals surface area (Å²) < 4.78 is 0. The first-order valence-electron chi connectivity index (χ1n) is 4.45. The van der Waals surface area contributed by atoms with Gasteiger partial charge >= 0.3 is 0 Å². The molecule has 0 atom stereocenters. The summed E-state index contributed by atoms with van der Waals surface area (Å²) in [5.74, 6) is -0.653. The van der Waals surface area contributed by atoms with Gasteiger partial charge in [-0.25, -0.2) is 0 Å². The summed E-state index contributed by atoms with van der Waals surface area (Å²) in [7, 11) is 0. The van der Waals surface area contributed by atoms with Gasteiger partial charge in [-0.05, 0) is 12.1 Å². The van der Waals surface area contributed by atoms with Gasteiger partial charge in [0.25, 0.3) is 11.0 Å². The Hall–Kier alpha value is -2.31. The lowest BCUT2D eigenvalue weighted by Crippen LogP contribution is -2.27. The summed E-state index contributed by atoms with van der Waals surface area (Å²) in [6.07, 6.45) is 0. The highest BCUT2D eigenvalue weighted by Gasteiger charge is 2.09.